The van der Waals surface area contributed by atoms with E-state index in [2.05, 4.69) is 50.3 Å². The number of carbonyl (C=O) groups is 1. The second kappa shape index (κ2) is 38.5. The summed E-state index contributed by atoms with van der Waals surface area (Å²) in [6, 6.07) is 0. The molecule has 2 atom stereocenters. The summed E-state index contributed by atoms with van der Waals surface area (Å²) in [5.74, 6) is -0.370. The standard InChI is InChI=1S/C41H76NO7P/c1-3-5-7-9-11-13-15-17-19-21-23-25-27-29-31-33-36-46-38-40(39-48-50(44,45)47-37-35-42)49-41(43)34-32-30-28-26-24-22-20-18-16-14-12-10-8-6-4-2/h6,8,12,14,18,20,33,36,40H,3-5,7,9-11,13,15-17,19,21-32,34-35,37-39,42H2,1-2H3,(H,44,45)/b8-6-,14-12-,20-18-,36-33-/t40-/m1/s1. The molecule has 0 amide bonds. The van der Waals surface area contributed by atoms with Gasteiger partial charge in [-0.1, -0.05) is 153 Å². The van der Waals surface area contributed by atoms with Crippen molar-refractivity contribution in [2.24, 2.45) is 5.73 Å². The third-order valence-electron chi connectivity index (χ3n) is 8.32. The van der Waals surface area contributed by atoms with E-state index in [0.717, 1.165) is 70.6 Å². The fourth-order valence-corrected chi connectivity index (χ4v) is 6.15. The summed E-state index contributed by atoms with van der Waals surface area (Å²) >= 11 is 0. The van der Waals surface area contributed by atoms with Crippen molar-refractivity contribution in [1.82, 2.24) is 0 Å². The van der Waals surface area contributed by atoms with Gasteiger partial charge in [0.25, 0.3) is 0 Å². The molecule has 0 heterocycles. The molecular formula is C41H76NO7P. The first-order valence-corrected chi connectivity index (χ1v) is 21.7. The Bertz CT molecular complexity index is 905. The fourth-order valence-electron chi connectivity index (χ4n) is 5.39. The molecule has 50 heavy (non-hydrogen) atoms. The summed E-state index contributed by atoms with van der Waals surface area (Å²) in [6.07, 6.45) is 45.0. The Morgan fingerprint density at radius 2 is 1.14 bits per heavy atom. The van der Waals surface area contributed by atoms with Gasteiger partial charge in [0.1, 0.15) is 6.61 Å². The number of hydrogen-bond acceptors (Lipinski definition) is 7. The number of unbranched alkanes of at least 4 members (excludes halogenated alkanes) is 19. The largest absolute Gasteiger partial charge is 0.498 e. The average Bonchev–Trinajstić information content (AvgIpc) is 3.10. The second-order valence-corrected chi connectivity index (χ2v) is 14.6. The van der Waals surface area contributed by atoms with E-state index in [1.807, 2.05) is 6.08 Å². The van der Waals surface area contributed by atoms with Crippen molar-refractivity contribution < 1.29 is 32.8 Å². The molecule has 0 aliphatic heterocycles. The Balaban J connectivity index is 4.14. The summed E-state index contributed by atoms with van der Waals surface area (Å²) < 4.78 is 33.1. The van der Waals surface area contributed by atoms with E-state index < -0.39 is 13.9 Å². The van der Waals surface area contributed by atoms with Crippen LogP contribution in [0, 0.1) is 0 Å². The molecule has 0 radical (unpaired) electrons. The van der Waals surface area contributed by atoms with Gasteiger partial charge in [-0.05, 0) is 57.4 Å². The Kier molecular flexibility index (Phi) is 37.2. The van der Waals surface area contributed by atoms with E-state index in [-0.39, 0.29) is 38.8 Å². The maximum absolute atomic E-state index is 12.5. The van der Waals surface area contributed by atoms with Crippen LogP contribution in [0.3, 0.4) is 0 Å². The molecule has 0 aromatic carbocycles. The van der Waals surface area contributed by atoms with Crippen LogP contribution < -0.4 is 5.73 Å². The lowest BCUT2D eigenvalue weighted by Gasteiger charge is -2.19. The molecule has 0 fully saturated rings. The summed E-state index contributed by atoms with van der Waals surface area (Å²) in [7, 11) is -4.29. The van der Waals surface area contributed by atoms with Crippen LogP contribution in [0.2, 0.25) is 0 Å². The predicted molar refractivity (Wildman–Crippen MR) is 210 cm³/mol. The first-order chi connectivity index (χ1) is 24.4. The van der Waals surface area contributed by atoms with Crippen molar-refractivity contribution in [3.8, 4) is 0 Å². The monoisotopic (exact) mass is 726 g/mol. The Morgan fingerprint density at radius 1 is 0.640 bits per heavy atom. The lowest BCUT2D eigenvalue weighted by Crippen LogP contribution is -2.27. The van der Waals surface area contributed by atoms with Gasteiger partial charge in [-0.2, -0.15) is 0 Å². The number of nitrogens with two attached hydrogens (primary N) is 1. The van der Waals surface area contributed by atoms with Gasteiger partial charge in [0.2, 0.25) is 0 Å². The summed E-state index contributed by atoms with van der Waals surface area (Å²) in [4.78, 5) is 22.4. The maximum atomic E-state index is 12.5. The Labute approximate surface area is 307 Å². The van der Waals surface area contributed by atoms with Crippen LogP contribution in [-0.4, -0.2) is 43.3 Å². The van der Waals surface area contributed by atoms with Crippen molar-refractivity contribution >= 4 is 13.8 Å². The molecule has 9 heteroatoms. The number of allylic oxidation sites excluding steroid dienone is 7. The van der Waals surface area contributed by atoms with E-state index in [1.54, 1.807) is 6.26 Å². The Hall–Kier alpha value is -1.70. The number of phosphoric acid groups is 1. The van der Waals surface area contributed by atoms with Crippen LogP contribution in [-0.2, 0) is 27.9 Å². The molecule has 0 aliphatic carbocycles. The van der Waals surface area contributed by atoms with Gasteiger partial charge < -0.3 is 20.1 Å². The molecule has 0 saturated carbocycles. The summed E-state index contributed by atoms with van der Waals surface area (Å²) in [6.45, 7) is 4.11. The zero-order valence-corrected chi connectivity index (χ0v) is 33.0. The first kappa shape index (κ1) is 48.3. The zero-order valence-electron chi connectivity index (χ0n) is 32.1. The maximum Gasteiger partial charge on any atom is 0.472 e. The average molecular weight is 726 g/mol. The topological polar surface area (TPSA) is 117 Å². The first-order valence-electron chi connectivity index (χ1n) is 20.2. The van der Waals surface area contributed by atoms with Crippen molar-refractivity contribution in [1.29, 1.82) is 0 Å². The lowest BCUT2D eigenvalue weighted by molar-refractivity contribution is -0.153. The number of esters is 1. The molecule has 1 unspecified atom stereocenters. The molecule has 292 valence electrons. The number of rotatable bonds is 38. The van der Waals surface area contributed by atoms with Crippen LogP contribution in [0.1, 0.15) is 174 Å². The fraction of sp³-hybridized carbons (Fsp3) is 0.780. The molecule has 3 N–H and O–H groups in total. The van der Waals surface area contributed by atoms with E-state index in [0.29, 0.717) is 0 Å². The van der Waals surface area contributed by atoms with Crippen molar-refractivity contribution in [2.45, 2.75) is 180 Å². The predicted octanol–water partition coefficient (Wildman–Crippen LogP) is 12.0. The minimum atomic E-state index is -4.29. The highest BCUT2D eigenvalue weighted by Crippen LogP contribution is 2.43. The molecule has 8 nitrogen and oxygen atoms in total. The molecule has 0 spiro atoms. The highest BCUT2D eigenvalue weighted by atomic mass is 31.2. The summed E-state index contributed by atoms with van der Waals surface area (Å²) in [5, 5.41) is 0. The number of carbonyl (C=O) groups excluding carboxylic acids is 1. The third kappa shape index (κ3) is 37.6. The SMILES string of the molecule is CC/C=C\C/C=C\C/C=C\CCCCCCCC(=O)O[C@H](CO/C=C\CCCCCCCCCCCCCCCC)COP(=O)(O)OCCN. The van der Waals surface area contributed by atoms with Crippen molar-refractivity contribution in [2.75, 3.05) is 26.4 Å². The highest BCUT2D eigenvalue weighted by molar-refractivity contribution is 7.47. The Morgan fingerprint density at radius 3 is 1.70 bits per heavy atom. The highest BCUT2D eigenvalue weighted by Gasteiger charge is 2.25. The van der Waals surface area contributed by atoms with Crippen LogP contribution >= 0.6 is 7.82 Å². The van der Waals surface area contributed by atoms with Gasteiger partial charge in [-0.25, -0.2) is 4.57 Å². The third-order valence-corrected chi connectivity index (χ3v) is 9.31. The normalized spacial score (nSPS) is 14.0. The van der Waals surface area contributed by atoms with Crippen LogP contribution in [0.5, 0.6) is 0 Å². The minimum Gasteiger partial charge on any atom is -0.498 e. The van der Waals surface area contributed by atoms with Gasteiger partial charge in [0.05, 0.1) is 19.5 Å². The minimum absolute atomic E-state index is 0.0249. The summed E-state index contributed by atoms with van der Waals surface area (Å²) in [5.41, 5.74) is 5.35. The van der Waals surface area contributed by atoms with Crippen LogP contribution in [0.25, 0.3) is 0 Å². The van der Waals surface area contributed by atoms with Crippen molar-refractivity contribution in [3.63, 3.8) is 0 Å². The van der Waals surface area contributed by atoms with Crippen LogP contribution in [0.4, 0.5) is 0 Å². The van der Waals surface area contributed by atoms with E-state index in [9.17, 15) is 14.3 Å². The van der Waals surface area contributed by atoms with Crippen molar-refractivity contribution in [3.05, 3.63) is 48.8 Å². The molecule has 0 aromatic rings. The molecule has 0 aliphatic rings. The van der Waals surface area contributed by atoms with Gasteiger partial charge in [0, 0.05) is 13.0 Å². The van der Waals surface area contributed by atoms with Gasteiger partial charge in [-0.15, -0.1) is 0 Å². The van der Waals surface area contributed by atoms with E-state index >= 15 is 0 Å². The molecule has 0 rings (SSSR count). The number of hydrogen-bond donors (Lipinski definition) is 2. The molecule has 0 bridgehead atoms. The molecular weight excluding hydrogens is 649 g/mol. The molecule has 0 saturated heterocycles. The van der Waals surface area contributed by atoms with E-state index in [4.69, 9.17) is 24.3 Å². The smallest absolute Gasteiger partial charge is 0.472 e. The van der Waals surface area contributed by atoms with Gasteiger partial charge in [-0.3, -0.25) is 13.8 Å². The second-order valence-electron chi connectivity index (χ2n) is 13.2. The van der Waals surface area contributed by atoms with Crippen LogP contribution in [0.15, 0.2) is 48.8 Å². The number of phosphoric ester groups is 1. The molecule has 0 aromatic heterocycles. The zero-order chi connectivity index (χ0) is 36.6. The number of ether oxygens (including phenoxy) is 2. The quantitative estimate of drug-likeness (QED) is 0.0212. The van der Waals surface area contributed by atoms with E-state index in [1.165, 1.54) is 83.5 Å². The van der Waals surface area contributed by atoms with Gasteiger partial charge in [0.15, 0.2) is 6.10 Å². The van der Waals surface area contributed by atoms with Gasteiger partial charge >= 0.3 is 13.8 Å². The lowest BCUT2D eigenvalue weighted by atomic mass is 10.0.